The monoisotopic (exact) mass is 381 g/mol. The number of anilines is 2. The Bertz CT molecular complexity index is 797. The van der Waals surface area contributed by atoms with Crippen LogP contribution in [-0.2, 0) is 11.3 Å². The van der Waals surface area contributed by atoms with Crippen molar-refractivity contribution in [3.63, 3.8) is 0 Å². The van der Waals surface area contributed by atoms with Crippen LogP contribution >= 0.6 is 0 Å². The Hall–Kier alpha value is -2.86. The molecule has 2 aromatic carbocycles. The van der Waals surface area contributed by atoms with Gasteiger partial charge in [0.2, 0.25) is 0 Å². The van der Waals surface area contributed by atoms with E-state index in [1.54, 1.807) is 38.2 Å². The van der Waals surface area contributed by atoms with Crippen molar-refractivity contribution in [2.45, 2.75) is 26.3 Å². The fourth-order valence-corrected chi connectivity index (χ4v) is 3.26. The summed E-state index contributed by atoms with van der Waals surface area (Å²) in [5, 5.41) is 2.89. The number of ether oxygens (including phenoxy) is 1. The normalized spacial score (nSPS) is 13.9. The number of nitrogens with one attached hydrogen (secondary N) is 1. The van der Waals surface area contributed by atoms with Crippen molar-refractivity contribution >= 4 is 23.4 Å². The van der Waals surface area contributed by atoms with Crippen LogP contribution in [0, 0.1) is 0 Å². The third-order valence-corrected chi connectivity index (χ3v) is 4.88. The molecule has 0 aliphatic carbocycles. The quantitative estimate of drug-likeness (QED) is 0.817. The molecule has 0 bridgehead atoms. The number of benzene rings is 2. The average Bonchev–Trinajstić information content (AvgIpc) is 3.22. The smallest absolute Gasteiger partial charge is 0.413 e. The molecule has 0 aromatic heterocycles. The molecule has 148 valence electrons. The summed E-state index contributed by atoms with van der Waals surface area (Å²) in [7, 11) is 1.65. The minimum Gasteiger partial charge on any atom is -0.449 e. The lowest BCUT2D eigenvalue weighted by Crippen LogP contribution is -2.26. The summed E-state index contributed by atoms with van der Waals surface area (Å²) in [5.74, 6) is -0.154. The maximum absolute atomic E-state index is 12.5. The van der Waals surface area contributed by atoms with Crippen molar-refractivity contribution in [3.05, 3.63) is 59.7 Å². The molecule has 0 radical (unpaired) electrons. The summed E-state index contributed by atoms with van der Waals surface area (Å²) in [6.07, 6.45) is 2.14. The zero-order valence-electron chi connectivity index (χ0n) is 16.5. The predicted octanol–water partition coefficient (Wildman–Crippen LogP) is 4.13. The van der Waals surface area contributed by atoms with Crippen molar-refractivity contribution in [1.82, 2.24) is 4.90 Å². The highest BCUT2D eigenvalue weighted by Gasteiger charge is 2.13. The van der Waals surface area contributed by atoms with Gasteiger partial charge in [0.25, 0.3) is 5.91 Å². The first kappa shape index (κ1) is 19.9. The first-order valence-electron chi connectivity index (χ1n) is 9.70. The number of rotatable bonds is 6. The van der Waals surface area contributed by atoms with E-state index in [-0.39, 0.29) is 5.91 Å². The zero-order valence-corrected chi connectivity index (χ0v) is 16.5. The molecule has 1 saturated heterocycles. The zero-order chi connectivity index (χ0) is 19.9. The molecule has 1 fully saturated rings. The van der Waals surface area contributed by atoms with E-state index in [0.29, 0.717) is 23.5 Å². The summed E-state index contributed by atoms with van der Waals surface area (Å²) in [5.41, 5.74) is 3.22. The van der Waals surface area contributed by atoms with Crippen LogP contribution in [0.2, 0.25) is 0 Å². The van der Waals surface area contributed by atoms with Crippen LogP contribution in [0.4, 0.5) is 16.2 Å². The second-order valence-electron chi connectivity index (χ2n) is 6.94. The van der Waals surface area contributed by atoms with Gasteiger partial charge in [-0.25, -0.2) is 4.79 Å². The van der Waals surface area contributed by atoms with E-state index in [4.69, 9.17) is 4.74 Å². The van der Waals surface area contributed by atoms with Gasteiger partial charge < -0.3 is 10.1 Å². The third-order valence-electron chi connectivity index (χ3n) is 4.88. The van der Waals surface area contributed by atoms with Crippen LogP contribution in [0.25, 0.3) is 0 Å². The lowest BCUT2D eigenvalue weighted by atomic mass is 10.1. The molecular weight excluding hydrogens is 354 g/mol. The highest BCUT2D eigenvalue weighted by molar-refractivity contribution is 6.04. The molecule has 1 aliphatic heterocycles. The van der Waals surface area contributed by atoms with E-state index < -0.39 is 6.09 Å². The van der Waals surface area contributed by atoms with Gasteiger partial charge in [-0.15, -0.1) is 0 Å². The Balaban J connectivity index is 1.57. The van der Waals surface area contributed by atoms with Gasteiger partial charge in [0, 0.05) is 30.5 Å². The van der Waals surface area contributed by atoms with Gasteiger partial charge in [-0.3, -0.25) is 14.6 Å². The molecule has 3 rings (SSSR count). The molecule has 1 heterocycles. The van der Waals surface area contributed by atoms with Crippen LogP contribution < -0.4 is 10.2 Å². The number of carbonyl (C=O) groups is 2. The second kappa shape index (κ2) is 9.37. The van der Waals surface area contributed by atoms with Crippen molar-refractivity contribution in [2.75, 3.05) is 37.0 Å². The molecule has 1 aliphatic rings. The molecule has 2 amide bonds. The van der Waals surface area contributed by atoms with Crippen molar-refractivity contribution in [1.29, 1.82) is 0 Å². The summed E-state index contributed by atoms with van der Waals surface area (Å²) < 4.78 is 4.98. The van der Waals surface area contributed by atoms with Crippen molar-refractivity contribution in [3.8, 4) is 0 Å². The minimum absolute atomic E-state index is 0.154. The minimum atomic E-state index is -0.409. The molecular formula is C22H27N3O3. The summed E-state index contributed by atoms with van der Waals surface area (Å²) >= 11 is 0. The van der Waals surface area contributed by atoms with E-state index in [9.17, 15) is 9.59 Å². The van der Waals surface area contributed by atoms with Crippen LogP contribution in [0.1, 0.15) is 35.7 Å². The van der Waals surface area contributed by atoms with Gasteiger partial charge >= 0.3 is 6.09 Å². The number of likely N-dealkylation sites (tertiary alicyclic amines) is 1. The second-order valence-corrected chi connectivity index (χ2v) is 6.94. The van der Waals surface area contributed by atoms with Crippen LogP contribution in [0.3, 0.4) is 0 Å². The molecule has 6 nitrogen and oxygen atoms in total. The number of hydrogen-bond acceptors (Lipinski definition) is 4. The van der Waals surface area contributed by atoms with E-state index in [0.717, 1.165) is 19.6 Å². The van der Waals surface area contributed by atoms with Gasteiger partial charge in [0.15, 0.2) is 0 Å². The molecule has 6 heteroatoms. The number of hydrogen-bond donors (Lipinski definition) is 1. The topological polar surface area (TPSA) is 61.9 Å². The summed E-state index contributed by atoms with van der Waals surface area (Å²) in [4.78, 5) is 28.1. The Morgan fingerprint density at radius 2 is 1.68 bits per heavy atom. The third kappa shape index (κ3) is 5.10. The maximum Gasteiger partial charge on any atom is 0.413 e. The van der Waals surface area contributed by atoms with Crippen molar-refractivity contribution in [2.24, 2.45) is 0 Å². The van der Waals surface area contributed by atoms with Gasteiger partial charge in [0.1, 0.15) is 0 Å². The van der Waals surface area contributed by atoms with E-state index in [1.807, 2.05) is 24.3 Å². The van der Waals surface area contributed by atoms with E-state index in [1.165, 1.54) is 23.3 Å². The SMILES string of the molecule is CCOC(=O)N(C)c1ccc(NC(=O)c2ccc(CN3CCCC3)cc2)cc1. The van der Waals surface area contributed by atoms with E-state index >= 15 is 0 Å². The lowest BCUT2D eigenvalue weighted by Gasteiger charge is -2.17. The summed E-state index contributed by atoms with van der Waals surface area (Å²) in [6.45, 7) is 5.35. The van der Waals surface area contributed by atoms with Crippen LogP contribution in [-0.4, -0.2) is 43.6 Å². The Morgan fingerprint density at radius 1 is 1.04 bits per heavy atom. The molecule has 2 aromatic rings. The highest BCUT2D eigenvalue weighted by Crippen LogP contribution is 2.19. The first-order valence-corrected chi connectivity index (χ1v) is 9.70. The Labute approximate surface area is 166 Å². The molecule has 28 heavy (non-hydrogen) atoms. The number of amides is 2. The molecule has 0 spiro atoms. The maximum atomic E-state index is 12.5. The van der Waals surface area contributed by atoms with Crippen LogP contribution in [0.5, 0.6) is 0 Å². The molecule has 0 saturated carbocycles. The Morgan fingerprint density at radius 3 is 2.29 bits per heavy atom. The van der Waals surface area contributed by atoms with Crippen molar-refractivity contribution < 1.29 is 14.3 Å². The first-order chi connectivity index (χ1) is 13.6. The Kier molecular flexibility index (Phi) is 6.66. The molecule has 0 unspecified atom stereocenters. The summed E-state index contributed by atoms with van der Waals surface area (Å²) in [6, 6.07) is 14.8. The predicted molar refractivity (Wildman–Crippen MR) is 111 cm³/mol. The number of carbonyl (C=O) groups excluding carboxylic acids is 2. The van der Waals surface area contributed by atoms with E-state index in [2.05, 4.69) is 10.2 Å². The van der Waals surface area contributed by atoms with Gasteiger partial charge in [-0.05, 0) is 74.8 Å². The van der Waals surface area contributed by atoms with Gasteiger partial charge in [-0.1, -0.05) is 12.1 Å². The van der Waals surface area contributed by atoms with Crippen LogP contribution in [0.15, 0.2) is 48.5 Å². The van der Waals surface area contributed by atoms with Gasteiger partial charge in [0.05, 0.1) is 6.61 Å². The molecule has 0 atom stereocenters. The van der Waals surface area contributed by atoms with Gasteiger partial charge in [-0.2, -0.15) is 0 Å². The standard InChI is InChI=1S/C22H27N3O3/c1-3-28-22(27)24(2)20-12-10-19(11-13-20)23-21(26)18-8-6-17(7-9-18)16-25-14-4-5-15-25/h6-13H,3-5,14-16H2,1-2H3,(H,23,26). The number of nitrogens with zero attached hydrogens (tertiary/aromatic N) is 2. The fraction of sp³-hybridized carbons (Fsp3) is 0.364. The molecule has 1 N–H and O–H groups in total. The highest BCUT2D eigenvalue weighted by atomic mass is 16.6. The largest absolute Gasteiger partial charge is 0.449 e. The fourth-order valence-electron chi connectivity index (χ4n) is 3.26. The average molecular weight is 381 g/mol. The lowest BCUT2D eigenvalue weighted by molar-refractivity contribution is 0.102.